The van der Waals surface area contributed by atoms with Crippen LogP contribution in [0, 0.1) is 12.8 Å². The lowest BCUT2D eigenvalue weighted by molar-refractivity contribution is 0.187. The van der Waals surface area contributed by atoms with Gasteiger partial charge in [0.15, 0.2) is 0 Å². The molecule has 27 heavy (non-hydrogen) atoms. The van der Waals surface area contributed by atoms with Crippen molar-refractivity contribution >= 4 is 39.5 Å². The van der Waals surface area contributed by atoms with Crippen LogP contribution in [0.25, 0.3) is 21.8 Å². The lowest BCUT2D eigenvalue weighted by Gasteiger charge is -2.31. The van der Waals surface area contributed by atoms with Crippen LogP contribution < -0.4 is 10.9 Å². The van der Waals surface area contributed by atoms with Gasteiger partial charge in [-0.05, 0) is 32.1 Å². The molecule has 0 radical (unpaired) electrons. The van der Waals surface area contributed by atoms with E-state index in [0.29, 0.717) is 45.6 Å². The van der Waals surface area contributed by atoms with Crippen molar-refractivity contribution in [3.05, 3.63) is 33.5 Å². The third kappa shape index (κ3) is 3.03. The minimum Gasteiger partial charge on any atom is -0.465 e. The maximum absolute atomic E-state index is 13.3. The van der Waals surface area contributed by atoms with E-state index in [1.165, 1.54) is 6.20 Å². The predicted molar refractivity (Wildman–Crippen MR) is 100 cm³/mol. The number of fused-ring (bicyclic) bond motifs is 3. The first-order valence-electron chi connectivity index (χ1n) is 8.88. The van der Waals surface area contributed by atoms with Gasteiger partial charge in [0, 0.05) is 18.8 Å². The van der Waals surface area contributed by atoms with Gasteiger partial charge < -0.3 is 19.5 Å². The molecular formula is C18H19ClN4O4. The zero-order valence-electron chi connectivity index (χ0n) is 14.7. The number of hydrogen-bond donors (Lipinski definition) is 2. The third-order valence-electron chi connectivity index (χ3n) is 5.33. The first kappa shape index (κ1) is 17.8. The van der Waals surface area contributed by atoms with Crippen molar-refractivity contribution in [3.63, 3.8) is 0 Å². The van der Waals surface area contributed by atoms with Crippen molar-refractivity contribution in [1.29, 1.82) is 0 Å². The van der Waals surface area contributed by atoms with Crippen molar-refractivity contribution in [2.45, 2.75) is 38.6 Å². The molecule has 2 N–H and O–H groups in total. The van der Waals surface area contributed by atoms with E-state index in [1.807, 2.05) is 0 Å². The van der Waals surface area contributed by atoms with Gasteiger partial charge in [-0.15, -0.1) is 0 Å². The molecule has 0 spiro atoms. The van der Waals surface area contributed by atoms with E-state index in [9.17, 15) is 9.59 Å². The molecule has 2 atom stereocenters. The number of halogens is 1. The normalized spacial score (nSPS) is 20.2. The number of hydrogen-bond acceptors (Lipinski definition) is 5. The number of nitrogens with zero attached hydrogens (tertiary/aromatic N) is 3. The zero-order chi connectivity index (χ0) is 19.1. The van der Waals surface area contributed by atoms with Crippen molar-refractivity contribution < 1.29 is 14.4 Å². The standard InChI is InChI=1S/C18H19ClN4O4/c1-9-14-16(22-27-9)15-12(19)7-20-8-13(15)23(17(14)24)11-4-2-3-10(5-11)6-21-18(25)26/h7-8,10-11,21H,2-6H2,1H3,(H,25,26). The lowest BCUT2D eigenvalue weighted by Crippen LogP contribution is -2.34. The van der Waals surface area contributed by atoms with Crippen LogP contribution in [0.1, 0.15) is 37.5 Å². The van der Waals surface area contributed by atoms with Crippen LogP contribution in [0.15, 0.2) is 21.7 Å². The predicted octanol–water partition coefficient (Wildman–Crippen LogP) is 3.50. The highest BCUT2D eigenvalue weighted by Crippen LogP contribution is 2.36. The molecular weight excluding hydrogens is 372 g/mol. The van der Waals surface area contributed by atoms with Crippen molar-refractivity contribution in [1.82, 2.24) is 20.0 Å². The van der Waals surface area contributed by atoms with E-state index in [2.05, 4.69) is 15.5 Å². The van der Waals surface area contributed by atoms with Crippen LogP contribution >= 0.6 is 11.6 Å². The maximum atomic E-state index is 13.3. The Morgan fingerprint density at radius 3 is 3.00 bits per heavy atom. The molecule has 1 amide bonds. The molecule has 0 aromatic carbocycles. The van der Waals surface area contributed by atoms with Crippen LogP contribution in [0.5, 0.6) is 0 Å². The molecule has 0 bridgehead atoms. The van der Waals surface area contributed by atoms with Gasteiger partial charge in [0.1, 0.15) is 16.7 Å². The molecule has 142 valence electrons. The van der Waals surface area contributed by atoms with Crippen LogP contribution in [-0.4, -0.2) is 32.5 Å². The minimum atomic E-state index is -1.03. The molecule has 2 unspecified atom stereocenters. The highest BCUT2D eigenvalue weighted by molar-refractivity contribution is 6.37. The van der Waals surface area contributed by atoms with Crippen LogP contribution in [0.4, 0.5) is 4.79 Å². The first-order chi connectivity index (χ1) is 13.0. The fourth-order valence-corrected chi connectivity index (χ4v) is 4.39. The molecule has 0 saturated heterocycles. The van der Waals surface area contributed by atoms with Gasteiger partial charge in [-0.25, -0.2) is 4.79 Å². The number of carboxylic acid groups (broad SMARTS) is 1. The number of pyridine rings is 2. The Hall–Kier alpha value is -2.61. The van der Waals surface area contributed by atoms with E-state index in [1.54, 1.807) is 17.7 Å². The summed E-state index contributed by atoms with van der Waals surface area (Å²) >= 11 is 6.39. The van der Waals surface area contributed by atoms with E-state index < -0.39 is 6.09 Å². The van der Waals surface area contributed by atoms with E-state index in [-0.39, 0.29) is 17.5 Å². The summed E-state index contributed by atoms with van der Waals surface area (Å²) in [6.45, 7) is 2.09. The Morgan fingerprint density at radius 2 is 2.22 bits per heavy atom. The highest BCUT2D eigenvalue weighted by atomic mass is 35.5. The fourth-order valence-electron chi connectivity index (χ4n) is 4.14. The van der Waals surface area contributed by atoms with E-state index >= 15 is 0 Å². The third-order valence-corrected chi connectivity index (χ3v) is 5.62. The SMILES string of the molecule is Cc1onc2c1c(=O)n(C1CCCC(CNC(=O)O)C1)c1cncc(Cl)c21. The first-order valence-corrected chi connectivity index (χ1v) is 9.25. The van der Waals surface area contributed by atoms with Gasteiger partial charge in [0.2, 0.25) is 0 Å². The van der Waals surface area contributed by atoms with Gasteiger partial charge in [0.05, 0.1) is 22.1 Å². The topological polar surface area (TPSA) is 110 Å². The number of carbonyl (C=O) groups is 1. The number of nitrogens with one attached hydrogen (secondary N) is 1. The largest absolute Gasteiger partial charge is 0.465 e. The molecule has 8 nitrogen and oxygen atoms in total. The molecule has 1 fully saturated rings. The van der Waals surface area contributed by atoms with Gasteiger partial charge >= 0.3 is 6.09 Å². The molecule has 3 aromatic rings. The van der Waals surface area contributed by atoms with Gasteiger partial charge in [-0.3, -0.25) is 9.78 Å². The van der Waals surface area contributed by atoms with E-state index in [0.717, 1.165) is 19.3 Å². The fraction of sp³-hybridized carbons (Fsp3) is 0.444. The summed E-state index contributed by atoms with van der Waals surface area (Å²) in [6.07, 6.45) is 5.51. The van der Waals surface area contributed by atoms with Crippen LogP contribution in [-0.2, 0) is 0 Å². The smallest absolute Gasteiger partial charge is 0.404 e. The number of amides is 1. The summed E-state index contributed by atoms with van der Waals surface area (Å²) in [5.74, 6) is 0.631. The minimum absolute atomic E-state index is 0.0617. The quantitative estimate of drug-likeness (QED) is 0.708. The van der Waals surface area contributed by atoms with Gasteiger partial charge in [-0.1, -0.05) is 23.2 Å². The summed E-state index contributed by atoms with van der Waals surface area (Å²) < 4.78 is 7.01. The average Bonchev–Trinajstić information content (AvgIpc) is 3.02. The van der Waals surface area contributed by atoms with Crippen LogP contribution in [0.2, 0.25) is 5.02 Å². The highest BCUT2D eigenvalue weighted by Gasteiger charge is 2.28. The molecule has 4 rings (SSSR count). The molecule has 3 heterocycles. The van der Waals surface area contributed by atoms with Gasteiger partial charge in [-0.2, -0.15) is 0 Å². The second-order valence-electron chi connectivity index (χ2n) is 7.03. The average molecular weight is 391 g/mol. The van der Waals surface area contributed by atoms with Crippen molar-refractivity contribution in [2.24, 2.45) is 5.92 Å². The number of aromatic nitrogens is 3. The zero-order valence-corrected chi connectivity index (χ0v) is 15.5. The number of rotatable bonds is 3. The lowest BCUT2D eigenvalue weighted by atomic mass is 9.85. The summed E-state index contributed by atoms with van der Waals surface area (Å²) in [7, 11) is 0. The Balaban J connectivity index is 1.86. The Morgan fingerprint density at radius 1 is 1.41 bits per heavy atom. The maximum Gasteiger partial charge on any atom is 0.404 e. The summed E-state index contributed by atoms with van der Waals surface area (Å²) in [4.78, 5) is 28.3. The molecule has 1 aliphatic rings. The Labute approximate surface area is 159 Å². The molecule has 3 aromatic heterocycles. The molecule has 9 heteroatoms. The van der Waals surface area contributed by atoms with E-state index in [4.69, 9.17) is 21.2 Å². The van der Waals surface area contributed by atoms with Crippen LogP contribution in [0.3, 0.4) is 0 Å². The van der Waals surface area contributed by atoms with Crippen molar-refractivity contribution in [3.8, 4) is 0 Å². The Bertz CT molecular complexity index is 1090. The Kier molecular flexibility index (Phi) is 4.51. The number of aryl methyl sites for hydroxylation is 1. The molecule has 1 saturated carbocycles. The van der Waals surface area contributed by atoms with Crippen molar-refractivity contribution in [2.75, 3.05) is 6.54 Å². The van der Waals surface area contributed by atoms with Gasteiger partial charge in [0.25, 0.3) is 5.56 Å². The summed E-state index contributed by atoms with van der Waals surface area (Å²) in [6, 6.07) is -0.0617. The second kappa shape index (κ2) is 6.84. The molecule has 0 aliphatic heterocycles. The monoisotopic (exact) mass is 390 g/mol. The summed E-state index contributed by atoms with van der Waals surface area (Å²) in [5.41, 5.74) is 0.915. The second-order valence-corrected chi connectivity index (χ2v) is 7.43. The molecule has 1 aliphatic carbocycles. The summed E-state index contributed by atoms with van der Waals surface area (Å²) in [5, 5.41) is 16.9.